The van der Waals surface area contributed by atoms with Crippen LogP contribution in [0, 0.1) is 16.0 Å². The van der Waals surface area contributed by atoms with Gasteiger partial charge >= 0.3 is 5.97 Å². The summed E-state index contributed by atoms with van der Waals surface area (Å²) in [4.78, 5) is 21.1. The number of carbonyl (C=O) groups excluding carboxylic acids is 1. The van der Waals surface area contributed by atoms with Gasteiger partial charge in [-0.25, -0.2) is 0 Å². The van der Waals surface area contributed by atoms with Crippen molar-refractivity contribution in [3.63, 3.8) is 0 Å². The first-order valence-electron chi connectivity index (χ1n) is 4.86. The second-order valence-electron chi connectivity index (χ2n) is 3.56. The number of ether oxygens (including phenoxy) is 1. The van der Waals surface area contributed by atoms with E-state index in [0.29, 0.717) is 6.42 Å². The highest BCUT2D eigenvalue weighted by atomic mass is 16.6. The molecule has 15 heavy (non-hydrogen) atoms. The summed E-state index contributed by atoms with van der Waals surface area (Å²) in [6, 6.07) is 0. The maximum absolute atomic E-state index is 11.4. The third kappa shape index (κ3) is 4.24. The molecular formula is C9H17NO5. The lowest BCUT2D eigenvalue weighted by molar-refractivity contribution is -0.501. The molecule has 0 aliphatic heterocycles. The van der Waals surface area contributed by atoms with Gasteiger partial charge in [-0.3, -0.25) is 14.9 Å². The minimum atomic E-state index is -1.66. The van der Waals surface area contributed by atoms with E-state index < -0.39 is 29.0 Å². The smallest absolute Gasteiger partial charge is 0.312 e. The summed E-state index contributed by atoms with van der Waals surface area (Å²) < 4.78 is 4.74. The predicted octanol–water partition coefficient (Wildman–Crippen LogP) is 0.603. The van der Waals surface area contributed by atoms with E-state index in [-0.39, 0.29) is 6.61 Å². The molecule has 0 aliphatic rings. The van der Waals surface area contributed by atoms with Crippen LogP contribution in [0.2, 0.25) is 0 Å². The molecule has 0 radical (unpaired) electrons. The molecule has 0 aromatic carbocycles. The summed E-state index contributed by atoms with van der Waals surface area (Å²) in [7, 11) is 0. The molecule has 88 valence electrons. The number of nitrogens with zero attached hydrogens (tertiary/aromatic N) is 1. The van der Waals surface area contributed by atoms with Crippen molar-refractivity contribution in [2.75, 3.05) is 13.2 Å². The summed E-state index contributed by atoms with van der Waals surface area (Å²) in [5.41, 5.74) is -1.66. The molecule has 0 amide bonds. The maximum atomic E-state index is 11.4. The molecule has 0 saturated heterocycles. The summed E-state index contributed by atoms with van der Waals surface area (Å²) in [6.07, 6.45) is 0.305. The first-order chi connectivity index (χ1) is 6.85. The molecule has 0 unspecified atom stereocenters. The summed E-state index contributed by atoms with van der Waals surface area (Å²) >= 11 is 0. The third-order valence-corrected chi connectivity index (χ3v) is 2.18. The van der Waals surface area contributed by atoms with Crippen LogP contribution in [0.25, 0.3) is 0 Å². The number of nitro groups is 1. The van der Waals surface area contributed by atoms with Crippen molar-refractivity contribution < 1.29 is 19.6 Å². The third-order valence-electron chi connectivity index (χ3n) is 2.18. The molecule has 0 aromatic heterocycles. The molecule has 6 nitrogen and oxygen atoms in total. The van der Waals surface area contributed by atoms with Gasteiger partial charge in [0.15, 0.2) is 0 Å². The van der Waals surface area contributed by atoms with Gasteiger partial charge in [-0.2, -0.15) is 0 Å². The van der Waals surface area contributed by atoms with Crippen molar-refractivity contribution in [1.82, 2.24) is 0 Å². The average Bonchev–Trinajstić information content (AvgIpc) is 2.01. The van der Waals surface area contributed by atoms with Crippen molar-refractivity contribution in [1.29, 1.82) is 0 Å². The zero-order chi connectivity index (χ0) is 12.1. The Hall–Kier alpha value is -1.17. The fourth-order valence-electron chi connectivity index (χ4n) is 1.47. The monoisotopic (exact) mass is 219 g/mol. The normalized spacial score (nSPS) is 16.5. The van der Waals surface area contributed by atoms with Gasteiger partial charge in [0, 0.05) is 4.92 Å². The Labute approximate surface area is 88.4 Å². The quantitative estimate of drug-likeness (QED) is 0.401. The van der Waals surface area contributed by atoms with Crippen molar-refractivity contribution in [2.45, 2.75) is 32.8 Å². The lowest BCUT2D eigenvalue weighted by atomic mass is 9.87. The average molecular weight is 219 g/mol. The molecule has 0 bridgehead atoms. The van der Waals surface area contributed by atoms with Crippen LogP contribution in [0.15, 0.2) is 0 Å². The highest BCUT2D eigenvalue weighted by Crippen LogP contribution is 2.22. The highest BCUT2D eigenvalue weighted by molar-refractivity contribution is 5.73. The maximum Gasteiger partial charge on any atom is 0.312 e. The molecule has 0 rings (SSSR count). The summed E-state index contributed by atoms with van der Waals surface area (Å²) in [6.45, 7) is 4.14. The van der Waals surface area contributed by atoms with E-state index in [1.54, 1.807) is 13.8 Å². The Morgan fingerprint density at radius 2 is 2.13 bits per heavy atom. The van der Waals surface area contributed by atoms with Crippen LogP contribution in [0.3, 0.4) is 0 Å². The molecule has 0 aromatic rings. The Kier molecular flexibility index (Phi) is 5.21. The van der Waals surface area contributed by atoms with E-state index in [4.69, 9.17) is 4.74 Å². The molecule has 2 atom stereocenters. The highest BCUT2D eigenvalue weighted by Gasteiger charge is 2.41. The van der Waals surface area contributed by atoms with E-state index in [1.807, 2.05) is 0 Å². The Balaban J connectivity index is 4.63. The lowest BCUT2D eigenvalue weighted by Crippen LogP contribution is -2.45. The SMILES string of the molecule is CCOC(=O)[C@H](CC)[C@](C)(O)C[N+](=O)[O-]. The molecule has 0 spiro atoms. The van der Waals surface area contributed by atoms with Crippen LogP contribution < -0.4 is 0 Å². The van der Waals surface area contributed by atoms with E-state index in [9.17, 15) is 20.0 Å². The molecule has 1 N–H and O–H groups in total. The number of hydrogen-bond acceptors (Lipinski definition) is 5. The van der Waals surface area contributed by atoms with Crippen molar-refractivity contribution in [2.24, 2.45) is 5.92 Å². The van der Waals surface area contributed by atoms with Crippen molar-refractivity contribution >= 4 is 5.97 Å². The van der Waals surface area contributed by atoms with Gasteiger partial charge in [0.05, 0.1) is 12.5 Å². The summed E-state index contributed by atoms with van der Waals surface area (Å²) in [5.74, 6) is -1.45. The molecular weight excluding hydrogens is 202 g/mol. The second-order valence-corrected chi connectivity index (χ2v) is 3.56. The first kappa shape index (κ1) is 13.8. The number of hydrogen-bond donors (Lipinski definition) is 1. The number of aliphatic hydroxyl groups is 1. The number of rotatable bonds is 6. The van der Waals surface area contributed by atoms with Gasteiger partial charge in [-0.1, -0.05) is 6.92 Å². The first-order valence-corrected chi connectivity index (χ1v) is 4.86. The molecule has 0 heterocycles. The lowest BCUT2D eigenvalue weighted by Gasteiger charge is -2.26. The van der Waals surface area contributed by atoms with Gasteiger partial charge in [-0.15, -0.1) is 0 Å². The van der Waals surface area contributed by atoms with E-state index in [1.165, 1.54) is 6.92 Å². The predicted molar refractivity (Wildman–Crippen MR) is 52.9 cm³/mol. The molecule has 0 fully saturated rings. The number of carbonyl (C=O) groups is 1. The van der Waals surface area contributed by atoms with Gasteiger partial charge < -0.3 is 9.84 Å². The zero-order valence-electron chi connectivity index (χ0n) is 9.23. The van der Waals surface area contributed by atoms with Crippen LogP contribution in [0.5, 0.6) is 0 Å². The van der Waals surface area contributed by atoms with Crippen LogP contribution in [-0.4, -0.2) is 34.8 Å². The van der Waals surface area contributed by atoms with Gasteiger partial charge in [0.1, 0.15) is 5.60 Å². The van der Waals surface area contributed by atoms with Crippen LogP contribution in [-0.2, 0) is 9.53 Å². The van der Waals surface area contributed by atoms with Crippen LogP contribution in [0.1, 0.15) is 27.2 Å². The fourth-order valence-corrected chi connectivity index (χ4v) is 1.47. The Morgan fingerprint density at radius 1 is 1.60 bits per heavy atom. The molecule has 6 heteroatoms. The molecule has 0 aliphatic carbocycles. The van der Waals surface area contributed by atoms with Crippen LogP contribution >= 0.6 is 0 Å². The van der Waals surface area contributed by atoms with Crippen molar-refractivity contribution in [3.8, 4) is 0 Å². The van der Waals surface area contributed by atoms with E-state index >= 15 is 0 Å². The topological polar surface area (TPSA) is 89.7 Å². The van der Waals surface area contributed by atoms with Gasteiger partial charge in [0.25, 0.3) is 0 Å². The fraction of sp³-hybridized carbons (Fsp3) is 0.889. The molecule has 0 saturated carbocycles. The number of esters is 1. The van der Waals surface area contributed by atoms with Crippen molar-refractivity contribution in [3.05, 3.63) is 10.1 Å². The van der Waals surface area contributed by atoms with Crippen LogP contribution in [0.4, 0.5) is 0 Å². The van der Waals surface area contributed by atoms with Gasteiger partial charge in [-0.05, 0) is 20.3 Å². The standard InChI is InChI=1S/C9H17NO5/c1-4-7(8(11)15-5-2)9(3,12)6-10(13)14/h7,12H,4-6H2,1-3H3/t7-,9+/m0/s1. The van der Waals surface area contributed by atoms with E-state index in [0.717, 1.165) is 0 Å². The van der Waals surface area contributed by atoms with Gasteiger partial charge in [0.2, 0.25) is 6.54 Å². The summed E-state index contributed by atoms with van der Waals surface area (Å²) in [5, 5.41) is 20.1. The minimum absolute atomic E-state index is 0.198. The largest absolute Gasteiger partial charge is 0.466 e. The minimum Gasteiger partial charge on any atom is -0.466 e. The Bertz CT molecular complexity index is 239. The van der Waals surface area contributed by atoms with E-state index in [2.05, 4.69) is 0 Å². The Morgan fingerprint density at radius 3 is 2.47 bits per heavy atom. The zero-order valence-corrected chi connectivity index (χ0v) is 9.23. The second kappa shape index (κ2) is 5.65.